The summed E-state index contributed by atoms with van der Waals surface area (Å²) in [4.78, 5) is 21.1. The first kappa shape index (κ1) is 23.3. The predicted octanol–water partition coefficient (Wildman–Crippen LogP) is 2.04. The standard InChI is InChI=1S/C18H28N2O2S.C2H2O4/c1-15-3-7-17(8-4-15)19-11-13-20(14-12-19)23(21,22)18-9-5-16(2)6-10-18;3-1(4)2(5)6/h5-6,9-10,15,17H,3-4,7-8,11-14H2,1-2H3;(H,3,4)(H,5,6). The van der Waals surface area contributed by atoms with Crippen LogP contribution in [0.1, 0.15) is 38.2 Å². The van der Waals surface area contributed by atoms with Crippen molar-refractivity contribution < 1.29 is 28.2 Å². The van der Waals surface area contributed by atoms with Crippen molar-refractivity contribution in [3.63, 3.8) is 0 Å². The molecule has 2 N–H and O–H groups in total. The summed E-state index contributed by atoms with van der Waals surface area (Å²) in [5, 5.41) is 14.8. The van der Waals surface area contributed by atoms with E-state index in [-0.39, 0.29) is 0 Å². The zero-order valence-corrected chi connectivity index (χ0v) is 17.8. The minimum absolute atomic E-state index is 0.419. The van der Waals surface area contributed by atoms with Crippen LogP contribution in [0.4, 0.5) is 0 Å². The number of hydrogen-bond donors (Lipinski definition) is 2. The molecule has 1 saturated carbocycles. The van der Waals surface area contributed by atoms with Crippen LogP contribution in [0.2, 0.25) is 0 Å². The SMILES string of the molecule is Cc1ccc(S(=O)(=O)N2CCN(C3CCC(C)CC3)CC2)cc1.O=C(O)C(=O)O. The van der Waals surface area contributed by atoms with Crippen LogP contribution in [0, 0.1) is 12.8 Å². The van der Waals surface area contributed by atoms with Crippen LogP contribution in [-0.2, 0) is 19.6 Å². The Bertz CT molecular complexity index is 781. The number of carboxylic acids is 2. The van der Waals surface area contributed by atoms with Crippen LogP contribution >= 0.6 is 0 Å². The molecule has 0 bridgehead atoms. The molecule has 1 aromatic carbocycles. The van der Waals surface area contributed by atoms with E-state index in [1.165, 1.54) is 25.7 Å². The zero-order chi connectivity index (χ0) is 21.6. The second-order valence-electron chi connectivity index (χ2n) is 7.78. The van der Waals surface area contributed by atoms with Crippen LogP contribution in [0.15, 0.2) is 29.2 Å². The number of aliphatic carboxylic acids is 2. The normalized spacial score (nSPS) is 23.7. The molecule has 8 nitrogen and oxygen atoms in total. The summed E-state index contributed by atoms with van der Waals surface area (Å²) in [6.07, 6.45) is 5.16. The van der Waals surface area contributed by atoms with Gasteiger partial charge in [0.1, 0.15) is 0 Å². The maximum Gasteiger partial charge on any atom is 0.414 e. The van der Waals surface area contributed by atoms with Crippen molar-refractivity contribution >= 4 is 22.0 Å². The first-order valence-electron chi connectivity index (χ1n) is 9.88. The van der Waals surface area contributed by atoms with E-state index in [1.54, 1.807) is 16.4 Å². The summed E-state index contributed by atoms with van der Waals surface area (Å²) < 4.78 is 27.1. The number of benzene rings is 1. The van der Waals surface area contributed by atoms with Gasteiger partial charge in [-0.25, -0.2) is 18.0 Å². The van der Waals surface area contributed by atoms with Gasteiger partial charge in [-0.15, -0.1) is 0 Å². The second-order valence-corrected chi connectivity index (χ2v) is 9.72. The van der Waals surface area contributed by atoms with E-state index in [0.29, 0.717) is 24.0 Å². The lowest BCUT2D eigenvalue weighted by atomic mass is 9.86. The molecule has 0 spiro atoms. The highest BCUT2D eigenvalue weighted by atomic mass is 32.2. The number of rotatable bonds is 3. The molecule has 0 unspecified atom stereocenters. The fourth-order valence-electron chi connectivity index (χ4n) is 3.78. The molecule has 1 saturated heterocycles. The molecule has 2 fully saturated rings. The summed E-state index contributed by atoms with van der Waals surface area (Å²) >= 11 is 0. The highest BCUT2D eigenvalue weighted by molar-refractivity contribution is 7.89. The van der Waals surface area contributed by atoms with Gasteiger partial charge in [-0.2, -0.15) is 4.31 Å². The van der Waals surface area contributed by atoms with Gasteiger partial charge in [0.05, 0.1) is 4.90 Å². The Hall–Kier alpha value is -1.97. The van der Waals surface area contributed by atoms with Crippen LogP contribution in [0.3, 0.4) is 0 Å². The van der Waals surface area contributed by atoms with Gasteiger partial charge in [0.15, 0.2) is 0 Å². The van der Waals surface area contributed by atoms with Crippen LogP contribution in [0.5, 0.6) is 0 Å². The molecule has 1 aliphatic carbocycles. The van der Waals surface area contributed by atoms with Crippen LogP contribution in [-0.4, -0.2) is 72.0 Å². The van der Waals surface area contributed by atoms with E-state index in [4.69, 9.17) is 19.8 Å². The molecule has 1 aromatic rings. The number of nitrogens with zero attached hydrogens (tertiary/aromatic N) is 2. The maximum atomic E-state index is 12.7. The zero-order valence-electron chi connectivity index (χ0n) is 17.0. The quantitative estimate of drug-likeness (QED) is 0.711. The minimum Gasteiger partial charge on any atom is -0.473 e. The Morgan fingerprint density at radius 1 is 0.897 bits per heavy atom. The van der Waals surface area contributed by atoms with Crippen molar-refractivity contribution in [2.24, 2.45) is 5.92 Å². The van der Waals surface area contributed by atoms with Crippen molar-refractivity contribution in [1.29, 1.82) is 0 Å². The molecule has 162 valence electrons. The molecule has 0 radical (unpaired) electrons. The van der Waals surface area contributed by atoms with E-state index >= 15 is 0 Å². The monoisotopic (exact) mass is 426 g/mol. The number of hydrogen-bond acceptors (Lipinski definition) is 5. The van der Waals surface area contributed by atoms with Gasteiger partial charge < -0.3 is 10.2 Å². The molecule has 29 heavy (non-hydrogen) atoms. The fraction of sp³-hybridized carbons (Fsp3) is 0.600. The maximum absolute atomic E-state index is 12.7. The smallest absolute Gasteiger partial charge is 0.414 e. The largest absolute Gasteiger partial charge is 0.473 e. The topological polar surface area (TPSA) is 115 Å². The van der Waals surface area contributed by atoms with E-state index in [0.717, 1.165) is 24.6 Å². The summed E-state index contributed by atoms with van der Waals surface area (Å²) in [7, 11) is -3.34. The van der Waals surface area contributed by atoms with Crippen LogP contribution in [0.25, 0.3) is 0 Å². The summed E-state index contributed by atoms with van der Waals surface area (Å²) in [5.74, 6) is -2.79. The average molecular weight is 427 g/mol. The van der Waals surface area contributed by atoms with E-state index in [9.17, 15) is 8.42 Å². The molecule has 9 heteroatoms. The van der Waals surface area contributed by atoms with Crippen molar-refractivity contribution in [2.45, 2.75) is 50.5 Å². The number of carboxylic acid groups (broad SMARTS) is 2. The van der Waals surface area contributed by atoms with Crippen molar-refractivity contribution in [3.8, 4) is 0 Å². The van der Waals surface area contributed by atoms with Gasteiger partial charge in [0.2, 0.25) is 10.0 Å². The Morgan fingerprint density at radius 3 is 1.83 bits per heavy atom. The summed E-state index contributed by atoms with van der Waals surface area (Å²) in [6.45, 7) is 7.27. The lowest BCUT2D eigenvalue weighted by Gasteiger charge is -2.41. The van der Waals surface area contributed by atoms with Gasteiger partial charge in [-0.1, -0.05) is 24.6 Å². The third-order valence-corrected chi connectivity index (χ3v) is 7.53. The number of piperazine rings is 1. The number of carbonyl (C=O) groups is 2. The highest BCUT2D eigenvalue weighted by Gasteiger charge is 2.32. The molecule has 3 rings (SSSR count). The molecule has 0 amide bonds. The van der Waals surface area contributed by atoms with Crippen molar-refractivity contribution in [2.75, 3.05) is 26.2 Å². The fourth-order valence-corrected chi connectivity index (χ4v) is 5.20. The molecule has 2 aliphatic rings. The molecular formula is C20H30N2O6S. The second kappa shape index (κ2) is 10.2. The Morgan fingerprint density at radius 2 is 1.38 bits per heavy atom. The van der Waals surface area contributed by atoms with E-state index in [1.807, 2.05) is 19.1 Å². The Kier molecular flexibility index (Phi) is 8.18. The molecule has 0 aromatic heterocycles. The Balaban J connectivity index is 0.000000438. The minimum atomic E-state index is -3.34. The average Bonchev–Trinajstić information content (AvgIpc) is 2.69. The van der Waals surface area contributed by atoms with Gasteiger partial charge >= 0.3 is 11.9 Å². The van der Waals surface area contributed by atoms with E-state index in [2.05, 4.69) is 11.8 Å². The molecule has 1 aliphatic heterocycles. The van der Waals surface area contributed by atoms with Gasteiger partial charge in [0, 0.05) is 32.2 Å². The van der Waals surface area contributed by atoms with E-state index < -0.39 is 22.0 Å². The lowest BCUT2D eigenvalue weighted by Crippen LogP contribution is -2.52. The van der Waals surface area contributed by atoms with Crippen LogP contribution < -0.4 is 0 Å². The predicted molar refractivity (Wildman–Crippen MR) is 108 cm³/mol. The first-order chi connectivity index (χ1) is 13.6. The van der Waals surface area contributed by atoms with Crippen molar-refractivity contribution in [1.82, 2.24) is 9.21 Å². The van der Waals surface area contributed by atoms with Gasteiger partial charge in [-0.3, -0.25) is 4.90 Å². The molecule has 0 atom stereocenters. The number of aryl methyl sites for hydroxylation is 1. The van der Waals surface area contributed by atoms with Crippen molar-refractivity contribution in [3.05, 3.63) is 29.8 Å². The Labute approximate surface area is 172 Å². The summed E-state index contributed by atoms with van der Waals surface area (Å²) in [5.41, 5.74) is 1.08. The molecular weight excluding hydrogens is 396 g/mol. The van der Waals surface area contributed by atoms with Gasteiger partial charge in [-0.05, 0) is 50.7 Å². The molecule has 1 heterocycles. The third kappa shape index (κ3) is 6.52. The first-order valence-corrected chi connectivity index (χ1v) is 11.3. The lowest BCUT2D eigenvalue weighted by molar-refractivity contribution is -0.159. The third-order valence-electron chi connectivity index (χ3n) is 5.62. The van der Waals surface area contributed by atoms with Gasteiger partial charge in [0.25, 0.3) is 0 Å². The number of sulfonamides is 1. The highest BCUT2D eigenvalue weighted by Crippen LogP contribution is 2.28. The summed E-state index contributed by atoms with van der Waals surface area (Å²) in [6, 6.07) is 7.84.